The van der Waals surface area contributed by atoms with E-state index in [9.17, 15) is 4.79 Å². The van der Waals surface area contributed by atoms with E-state index in [0.29, 0.717) is 0 Å². The summed E-state index contributed by atoms with van der Waals surface area (Å²) in [6, 6.07) is 0. The number of rotatable bonds is 1. The van der Waals surface area contributed by atoms with Crippen LogP contribution >= 0.6 is 0 Å². The maximum atomic E-state index is 11.8. The molecule has 1 saturated heterocycles. The molecule has 1 saturated carbocycles. The van der Waals surface area contributed by atoms with Crippen LogP contribution in [0.4, 0.5) is 4.79 Å². The third-order valence-electron chi connectivity index (χ3n) is 3.61. The van der Waals surface area contributed by atoms with Gasteiger partial charge >= 0.3 is 6.09 Å². The molecule has 2 rings (SSSR count). The molecule has 0 unspecified atom stereocenters. The summed E-state index contributed by atoms with van der Waals surface area (Å²) >= 11 is 0. The summed E-state index contributed by atoms with van der Waals surface area (Å²) in [5, 5.41) is 0. The van der Waals surface area contributed by atoms with E-state index in [1.807, 2.05) is 4.90 Å². The summed E-state index contributed by atoms with van der Waals surface area (Å²) in [4.78, 5) is 13.6. The van der Waals surface area contributed by atoms with Crippen molar-refractivity contribution in [3.05, 3.63) is 0 Å². The largest absolute Gasteiger partial charge is 0.446 e. The van der Waals surface area contributed by atoms with Gasteiger partial charge in [-0.2, -0.15) is 0 Å². The van der Waals surface area contributed by atoms with Crippen molar-refractivity contribution in [2.75, 3.05) is 13.1 Å². The molecule has 2 aliphatic rings. The lowest BCUT2D eigenvalue weighted by molar-refractivity contribution is 0.0562. The molecule has 2 fully saturated rings. The fraction of sp³-hybridized carbons (Fsp3) is 0.917. The van der Waals surface area contributed by atoms with Gasteiger partial charge in [-0.15, -0.1) is 0 Å². The first-order valence-corrected chi connectivity index (χ1v) is 6.21. The summed E-state index contributed by atoms with van der Waals surface area (Å²) in [6.07, 6.45) is 6.95. The zero-order valence-corrected chi connectivity index (χ0v) is 9.58. The van der Waals surface area contributed by atoms with E-state index in [0.717, 1.165) is 44.7 Å². The summed E-state index contributed by atoms with van der Waals surface area (Å²) < 4.78 is 5.47. The Labute approximate surface area is 91.8 Å². The van der Waals surface area contributed by atoms with Crippen LogP contribution in [0.25, 0.3) is 0 Å². The fourth-order valence-corrected chi connectivity index (χ4v) is 2.41. The zero-order chi connectivity index (χ0) is 10.7. The van der Waals surface area contributed by atoms with E-state index in [2.05, 4.69) is 6.92 Å². The molecule has 0 bridgehead atoms. The molecule has 0 atom stereocenters. The normalized spacial score (nSPS) is 24.5. The Morgan fingerprint density at radius 3 is 2.33 bits per heavy atom. The number of hydrogen-bond acceptors (Lipinski definition) is 2. The van der Waals surface area contributed by atoms with Crippen LogP contribution in [0.15, 0.2) is 0 Å². The monoisotopic (exact) mass is 211 g/mol. The van der Waals surface area contributed by atoms with Crippen LogP contribution in [0.2, 0.25) is 0 Å². The first-order chi connectivity index (χ1) is 7.25. The van der Waals surface area contributed by atoms with Gasteiger partial charge in [-0.1, -0.05) is 6.92 Å². The minimum atomic E-state index is -0.0752. The molecule has 0 aromatic carbocycles. The third-order valence-corrected chi connectivity index (χ3v) is 3.61. The zero-order valence-electron chi connectivity index (χ0n) is 9.58. The molecule has 0 aromatic rings. The van der Waals surface area contributed by atoms with Gasteiger partial charge < -0.3 is 9.64 Å². The van der Waals surface area contributed by atoms with Gasteiger partial charge in [0.15, 0.2) is 0 Å². The predicted octanol–water partition coefficient (Wildman–Crippen LogP) is 2.80. The SMILES string of the molecule is CC1CCN(C(=O)OC2CCCC2)CC1. The average Bonchev–Trinajstić information content (AvgIpc) is 2.71. The van der Waals surface area contributed by atoms with Crippen molar-refractivity contribution in [1.29, 1.82) is 0 Å². The van der Waals surface area contributed by atoms with Gasteiger partial charge in [-0.25, -0.2) is 4.79 Å². The minimum Gasteiger partial charge on any atom is -0.446 e. The highest BCUT2D eigenvalue weighted by Gasteiger charge is 2.25. The van der Waals surface area contributed by atoms with Crippen molar-refractivity contribution in [3.63, 3.8) is 0 Å². The Morgan fingerprint density at radius 2 is 1.73 bits per heavy atom. The number of carbonyl (C=O) groups is 1. The predicted molar refractivity (Wildman–Crippen MR) is 58.7 cm³/mol. The van der Waals surface area contributed by atoms with E-state index in [1.54, 1.807) is 0 Å². The van der Waals surface area contributed by atoms with E-state index < -0.39 is 0 Å². The van der Waals surface area contributed by atoms with Crippen LogP contribution < -0.4 is 0 Å². The highest BCUT2D eigenvalue weighted by Crippen LogP contribution is 2.23. The van der Waals surface area contributed by atoms with E-state index >= 15 is 0 Å². The summed E-state index contributed by atoms with van der Waals surface area (Å²) in [5.41, 5.74) is 0. The molecule has 3 nitrogen and oxygen atoms in total. The summed E-state index contributed by atoms with van der Waals surface area (Å²) in [6.45, 7) is 4.01. The van der Waals surface area contributed by atoms with Gasteiger partial charge in [0.2, 0.25) is 0 Å². The van der Waals surface area contributed by atoms with Crippen molar-refractivity contribution in [1.82, 2.24) is 4.90 Å². The Bertz CT molecular complexity index is 216. The second-order valence-electron chi connectivity index (χ2n) is 4.96. The van der Waals surface area contributed by atoms with E-state index in [-0.39, 0.29) is 12.2 Å². The Hall–Kier alpha value is -0.730. The van der Waals surface area contributed by atoms with Crippen LogP contribution in [0, 0.1) is 5.92 Å². The molecule has 1 heterocycles. The van der Waals surface area contributed by atoms with Crippen LogP contribution in [-0.4, -0.2) is 30.2 Å². The second-order valence-corrected chi connectivity index (χ2v) is 4.96. The number of piperidine rings is 1. The Kier molecular flexibility index (Phi) is 3.49. The maximum absolute atomic E-state index is 11.8. The molecule has 0 N–H and O–H groups in total. The lowest BCUT2D eigenvalue weighted by Crippen LogP contribution is -2.39. The average molecular weight is 211 g/mol. The van der Waals surface area contributed by atoms with Crippen molar-refractivity contribution >= 4 is 6.09 Å². The number of amides is 1. The smallest absolute Gasteiger partial charge is 0.410 e. The first-order valence-electron chi connectivity index (χ1n) is 6.21. The Morgan fingerprint density at radius 1 is 1.13 bits per heavy atom. The number of nitrogens with zero attached hydrogens (tertiary/aromatic N) is 1. The number of hydrogen-bond donors (Lipinski definition) is 0. The van der Waals surface area contributed by atoms with Crippen molar-refractivity contribution in [3.8, 4) is 0 Å². The highest BCUT2D eigenvalue weighted by atomic mass is 16.6. The van der Waals surface area contributed by atoms with E-state index in [1.165, 1.54) is 12.8 Å². The van der Waals surface area contributed by atoms with Crippen molar-refractivity contribution in [2.45, 2.75) is 51.6 Å². The van der Waals surface area contributed by atoms with Gasteiger partial charge in [-0.05, 0) is 44.4 Å². The summed E-state index contributed by atoms with van der Waals surface area (Å²) in [5.74, 6) is 0.764. The third kappa shape index (κ3) is 2.86. The van der Waals surface area contributed by atoms with Gasteiger partial charge in [0.05, 0.1) is 0 Å². The molecule has 86 valence electrons. The van der Waals surface area contributed by atoms with E-state index in [4.69, 9.17) is 4.74 Å². The first kappa shape index (κ1) is 10.8. The second kappa shape index (κ2) is 4.86. The fourth-order valence-electron chi connectivity index (χ4n) is 2.41. The molecule has 0 spiro atoms. The molecular weight excluding hydrogens is 190 g/mol. The van der Waals surface area contributed by atoms with Crippen LogP contribution in [0.3, 0.4) is 0 Å². The van der Waals surface area contributed by atoms with Gasteiger partial charge in [-0.3, -0.25) is 0 Å². The van der Waals surface area contributed by atoms with Crippen molar-refractivity contribution in [2.24, 2.45) is 5.92 Å². The maximum Gasteiger partial charge on any atom is 0.410 e. The number of carbonyl (C=O) groups excluding carboxylic acids is 1. The standard InChI is InChI=1S/C12H21NO2/c1-10-6-8-13(9-7-10)12(14)15-11-4-2-3-5-11/h10-11H,2-9H2,1H3. The Balaban J connectivity index is 1.75. The molecular formula is C12H21NO2. The van der Waals surface area contributed by atoms with Gasteiger partial charge in [0, 0.05) is 13.1 Å². The van der Waals surface area contributed by atoms with Crippen LogP contribution in [0.1, 0.15) is 45.4 Å². The number of ether oxygens (including phenoxy) is 1. The molecule has 1 aliphatic carbocycles. The lowest BCUT2D eigenvalue weighted by Gasteiger charge is -2.30. The lowest BCUT2D eigenvalue weighted by atomic mass is 10.00. The molecule has 0 aromatic heterocycles. The van der Waals surface area contributed by atoms with Crippen LogP contribution in [-0.2, 0) is 4.74 Å². The molecule has 0 radical (unpaired) electrons. The quantitative estimate of drug-likeness (QED) is 0.667. The van der Waals surface area contributed by atoms with Gasteiger partial charge in [0.25, 0.3) is 0 Å². The van der Waals surface area contributed by atoms with Crippen molar-refractivity contribution < 1.29 is 9.53 Å². The molecule has 3 heteroatoms. The highest BCUT2D eigenvalue weighted by molar-refractivity contribution is 5.67. The van der Waals surface area contributed by atoms with Gasteiger partial charge in [0.1, 0.15) is 6.10 Å². The molecule has 1 aliphatic heterocycles. The number of likely N-dealkylation sites (tertiary alicyclic amines) is 1. The molecule has 1 amide bonds. The summed E-state index contributed by atoms with van der Waals surface area (Å²) in [7, 11) is 0. The van der Waals surface area contributed by atoms with Crippen LogP contribution in [0.5, 0.6) is 0 Å². The minimum absolute atomic E-state index is 0.0752. The topological polar surface area (TPSA) is 29.5 Å². The molecule has 15 heavy (non-hydrogen) atoms.